The molecular weight excluding hydrogens is 332 g/mol. The third kappa shape index (κ3) is 3.93. The van der Waals surface area contributed by atoms with Crippen LogP contribution in [0.5, 0.6) is 0 Å². The van der Waals surface area contributed by atoms with Crippen molar-refractivity contribution in [1.82, 2.24) is 14.9 Å². The van der Waals surface area contributed by atoms with Crippen LogP contribution >= 0.6 is 15.9 Å². The van der Waals surface area contributed by atoms with Gasteiger partial charge in [0.2, 0.25) is 0 Å². The molecule has 0 bridgehead atoms. The fourth-order valence-electron chi connectivity index (χ4n) is 2.44. The summed E-state index contributed by atoms with van der Waals surface area (Å²) < 4.78 is 6.86. The van der Waals surface area contributed by atoms with Gasteiger partial charge in [0.05, 0.1) is 16.8 Å². The minimum Gasteiger partial charge on any atom is -0.369 e. The monoisotopic (exact) mass is 356 g/mol. The molecule has 1 N–H and O–H groups in total. The topological polar surface area (TPSA) is 50.3 Å². The van der Waals surface area contributed by atoms with E-state index in [1.807, 2.05) is 0 Å². The molecule has 0 aromatic carbocycles. The number of morpholine rings is 1. The molecule has 1 unspecified atom stereocenters. The van der Waals surface area contributed by atoms with Gasteiger partial charge in [-0.25, -0.2) is 9.97 Å². The third-order valence-corrected chi connectivity index (χ3v) is 4.45. The maximum Gasteiger partial charge on any atom is 0.161 e. The number of likely N-dealkylation sites (N-methyl/N-ethyl adjacent to an activating group) is 1. The lowest BCUT2D eigenvalue weighted by Crippen LogP contribution is -2.38. The average Bonchev–Trinajstić information content (AvgIpc) is 2.49. The zero-order chi connectivity index (χ0) is 15.4. The van der Waals surface area contributed by atoms with Gasteiger partial charge in [-0.2, -0.15) is 0 Å². The van der Waals surface area contributed by atoms with Gasteiger partial charge in [0.15, 0.2) is 5.82 Å². The number of hydrogen-bond donors (Lipinski definition) is 1. The maximum absolute atomic E-state index is 5.89. The van der Waals surface area contributed by atoms with Crippen molar-refractivity contribution in [3.05, 3.63) is 16.0 Å². The van der Waals surface area contributed by atoms with Gasteiger partial charge < -0.3 is 10.1 Å². The lowest BCUT2D eigenvalue weighted by atomic mass is 10.1. The number of anilines is 1. The van der Waals surface area contributed by atoms with Crippen LogP contribution in [0, 0.1) is 0 Å². The Morgan fingerprint density at radius 1 is 1.38 bits per heavy atom. The van der Waals surface area contributed by atoms with Crippen LogP contribution in [0.3, 0.4) is 0 Å². The molecule has 0 amide bonds. The van der Waals surface area contributed by atoms with Crippen molar-refractivity contribution in [2.24, 2.45) is 0 Å². The van der Waals surface area contributed by atoms with Gasteiger partial charge in [0.1, 0.15) is 11.9 Å². The Morgan fingerprint density at radius 2 is 2.14 bits per heavy atom. The Kier molecular flexibility index (Phi) is 5.96. The molecule has 118 valence electrons. The van der Waals surface area contributed by atoms with Gasteiger partial charge in [0.25, 0.3) is 0 Å². The number of hydrogen-bond acceptors (Lipinski definition) is 5. The van der Waals surface area contributed by atoms with Crippen LogP contribution in [0.4, 0.5) is 5.82 Å². The first-order valence-electron chi connectivity index (χ1n) is 7.71. The molecule has 0 saturated carbocycles. The molecule has 21 heavy (non-hydrogen) atoms. The van der Waals surface area contributed by atoms with E-state index >= 15 is 0 Å². The van der Waals surface area contributed by atoms with Crippen LogP contribution in [0.15, 0.2) is 4.47 Å². The number of halogens is 1. The number of nitrogens with one attached hydrogen (secondary N) is 1. The predicted octanol–water partition coefficient (Wildman–Crippen LogP) is 3.19. The van der Waals surface area contributed by atoms with Crippen molar-refractivity contribution in [2.75, 3.05) is 38.1 Å². The Labute approximate surface area is 135 Å². The summed E-state index contributed by atoms with van der Waals surface area (Å²) in [6.07, 6.45) is -0.0401. The van der Waals surface area contributed by atoms with Crippen LogP contribution in [0.2, 0.25) is 0 Å². The second-order valence-electron chi connectivity index (χ2n) is 5.57. The highest BCUT2D eigenvalue weighted by molar-refractivity contribution is 9.10. The summed E-state index contributed by atoms with van der Waals surface area (Å²) >= 11 is 3.63. The number of ether oxygens (including phenoxy) is 1. The molecule has 0 spiro atoms. The van der Waals surface area contributed by atoms with Crippen LogP contribution < -0.4 is 5.32 Å². The molecule has 0 aliphatic carbocycles. The highest BCUT2D eigenvalue weighted by Gasteiger charge is 2.25. The van der Waals surface area contributed by atoms with E-state index < -0.39 is 0 Å². The number of aromatic nitrogens is 2. The van der Waals surface area contributed by atoms with Crippen LogP contribution in [-0.2, 0) is 4.74 Å². The molecule has 0 radical (unpaired) electrons. The summed E-state index contributed by atoms with van der Waals surface area (Å²) in [6, 6.07) is 0. The van der Waals surface area contributed by atoms with Gasteiger partial charge in [-0.1, -0.05) is 20.8 Å². The first-order chi connectivity index (χ1) is 10.1. The van der Waals surface area contributed by atoms with Crippen molar-refractivity contribution in [2.45, 2.75) is 39.7 Å². The van der Waals surface area contributed by atoms with Crippen molar-refractivity contribution in [3.63, 3.8) is 0 Å². The van der Waals surface area contributed by atoms with E-state index in [-0.39, 0.29) is 6.10 Å². The smallest absolute Gasteiger partial charge is 0.161 e. The van der Waals surface area contributed by atoms with Gasteiger partial charge in [-0.05, 0) is 35.3 Å². The summed E-state index contributed by atoms with van der Waals surface area (Å²) in [6.45, 7) is 13.0. The Morgan fingerprint density at radius 3 is 2.76 bits per heavy atom. The van der Waals surface area contributed by atoms with E-state index in [4.69, 9.17) is 9.72 Å². The SMILES string of the molecule is CCNc1nc(C2CN(CC)CCO2)nc(C(C)C)c1Br. The summed E-state index contributed by atoms with van der Waals surface area (Å²) in [5.74, 6) is 1.99. The van der Waals surface area contributed by atoms with E-state index in [1.165, 1.54) is 0 Å². The van der Waals surface area contributed by atoms with Crippen LogP contribution in [-0.4, -0.2) is 47.7 Å². The molecule has 1 fully saturated rings. The van der Waals surface area contributed by atoms with Crippen molar-refractivity contribution < 1.29 is 4.74 Å². The Bertz CT molecular complexity index is 481. The lowest BCUT2D eigenvalue weighted by Gasteiger charge is -2.31. The number of rotatable bonds is 5. The van der Waals surface area contributed by atoms with Crippen molar-refractivity contribution in [1.29, 1.82) is 0 Å². The first-order valence-corrected chi connectivity index (χ1v) is 8.51. The standard InChI is InChI=1S/C15H25BrN4O/c1-5-17-15-12(16)13(10(3)4)18-14(19-15)11-9-20(6-2)7-8-21-11/h10-11H,5-9H2,1-4H3,(H,17,18,19). The van der Waals surface area contributed by atoms with E-state index in [1.54, 1.807) is 0 Å². The molecule has 1 aromatic rings. The molecule has 2 rings (SSSR count). The highest BCUT2D eigenvalue weighted by Crippen LogP contribution is 2.31. The minimum absolute atomic E-state index is 0.0401. The summed E-state index contributed by atoms with van der Waals surface area (Å²) in [7, 11) is 0. The largest absolute Gasteiger partial charge is 0.369 e. The molecule has 1 aliphatic heterocycles. The molecule has 6 heteroatoms. The predicted molar refractivity (Wildman–Crippen MR) is 88.8 cm³/mol. The maximum atomic E-state index is 5.89. The second kappa shape index (κ2) is 7.51. The second-order valence-corrected chi connectivity index (χ2v) is 6.36. The van der Waals surface area contributed by atoms with E-state index in [9.17, 15) is 0 Å². The fraction of sp³-hybridized carbons (Fsp3) is 0.733. The molecule has 1 aromatic heterocycles. The van der Waals surface area contributed by atoms with Crippen molar-refractivity contribution >= 4 is 21.7 Å². The summed E-state index contributed by atoms with van der Waals surface area (Å²) in [4.78, 5) is 11.8. The van der Waals surface area contributed by atoms with Crippen molar-refractivity contribution in [3.8, 4) is 0 Å². The molecule has 1 aliphatic rings. The quantitative estimate of drug-likeness (QED) is 0.877. The summed E-state index contributed by atoms with van der Waals surface area (Å²) in [5, 5.41) is 3.31. The highest BCUT2D eigenvalue weighted by atomic mass is 79.9. The molecular formula is C15H25BrN4O. The van der Waals surface area contributed by atoms with Gasteiger partial charge in [-0.3, -0.25) is 4.90 Å². The van der Waals surface area contributed by atoms with Gasteiger partial charge >= 0.3 is 0 Å². The lowest BCUT2D eigenvalue weighted by molar-refractivity contribution is -0.0326. The van der Waals surface area contributed by atoms with Gasteiger partial charge in [-0.15, -0.1) is 0 Å². The van der Waals surface area contributed by atoms with Crippen LogP contribution in [0.1, 0.15) is 51.2 Å². The van der Waals surface area contributed by atoms with E-state index in [0.717, 1.165) is 54.6 Å². The zero-order valence-electron chi connectivity index (χ0n) is 13.3. The minimum atomic E-state index is -0.0401. The molecule has 5 nitrogen and oxygen atoms in total. The fourth-order valence-corrected chi connectivity index (χ4v) is 3.21. The molecule has 2 heterocycles. The zero-order valence-corrected chi connectivity index (χ0v) is 14.9. The molecule has 1 saturated heterocycles. The third-order valence-electron chi connectivity index (χ3n) is 3.67. The average molecular weight is 357 g/mol. The normalized spacial score (nSPS) is 20.0. The summed E-state index contributed by atoms with van der Waals surface area (Å²) in [5.41, 5.74) is 1.04. The van der Waals surface area contributed by atoms with Gasteiger partial charge in [0, 0.05) is 19.6 Å². The first kappa shape index (κ1) is 16.6. The number of nitrogens with zero attached hydrogens (tertiary/aromatic N) is 3. The van der Waals surface area contributed by atoms with E-state index in [2.05, 4.69) is 58.8 Å². The van der Waals surface area contributed by atoms with Crippen LogP contribution in [0.25, 0.3) is 0 Å². The Balaban J connectivity index is 2.33. The van der Waals surface area contributed by atoms with E-state index in [0.29, 0.717) is 5.92 Å². The molecule has 1 atom stereocenters. The Hall–Kier alpha value is -0.720.